The zero-order valence-corrected chi connectivity index (χ0v) is 9.71. The highest BCUT2D eigenvalue weighted by atomic mass is 15.0. The first-order valence-electron chi connectivity index (χ1n) is 5.91. The molecule has 0 bridgehead atoms. The molecule has 0 aliphatic heterocycles. The maximum Gasteiger partial charge on any atom is 0.0570 e. The fourth-order valence-corrected chi connectivity index (χ4v) is 2.23. The molecular weight excluding hydrogens is 184 g/mol. The van der Waals surface area contributed by atoms with Gasteiger partial charge in [0, 0.05) is 18.3 Å². The van der Waals surface area contributed by atoms with Gasteiger partial charge in [0.25, 0.3) is 0 Å². The van der Waals surface area contributed by atoms with Crippen LogP contribution >= 0.6 is 0 Å². The summed E-state index contributed by atoms with van der Waals surface area (Å²) in [6.07, 6.45) is 7.15. The normalized spacial score (nSPS) is 18.5. The van der Waals surface area contributed by atoms with E-state index in [4.69, 9.17) is 0 Å². The SMILES string of the molecule is CCC1(NCc2ncccc2C)CCC1. The topological polar surface area (TPSA) is 24.9 Å². The molecule has 0 spiro atoms. The molecule has 2 rings (SSSR count). The van der Waals surface area contributed by atoms with Crippen molar-refractivity contribution >= 4 is 0 Å². The molecule has 2 heteroatoms. The Kier molecular flexibility index (Phi) is 3.06. The molecule has 1 saturated carbocycles. The van der Waals surface area contributed by atoms with Gasteiger partial charge in [-0.3, -0.25) is 4.98 Å². The Hall–Kier alpha value is -0.890. The molecule has 0 atom stereocenters. The van der Waals surface area contributed by atoms with Crippen molar-refractivity contribution in [1.82, 2.24) is 10.3 Å². The Morgan fingerprint density at radius 3 is 2.80 bits per heavy atom. The molecule has 0 unspecified atom stereocenters. The van der Waals surface area contributed by atoms with E-state index in [1.54, 1.807) is 0 Å². The van der Waals surface area contributed by atoms with Crippen molar-refractivity contribution in [3.63, 3.8) is 0 Å². The minimum atomic E-state index is 0.421. The Morgan fingerprint density at radius 1 is 1.47 bits per heavy atom. The molecule has 1 fully saturated rings. The number of rotatable bonds is 4. The van der Waals surface area contributed by atoms with E-state index in [0.717, 1.165) is 6.54 Å². The summed E-state index contributed by atoms with van der Waals surface area (Å²) in [5.74, 6) is 0. The van der Waals surface area contributed by atoms with Crippen LogP contribution in [-0.4, -0.2) is 10.5 Å². The van der Waals surface area contributed by atoms with E-state index in [0.29, 0.717) is 5.54 Å². The van der Waals surface area contributed by atoms with E-state index in [-0.39, 0.29) is 0 Å². The van der Waals surface area contributed by atoms with Crippen LogP contribution in [0.25, 0.3) is 0 Å². The second kappa shape index (κ2) is 4.31. The first-order valence-corrected chi connectivity index (χ1v) is 5.91. The van der Waals surface area contributed by atoms with Gasteiger partial charge in [0.2, 0.25) is 0 Å². The third kappa shape index (κ3) is 2.20. The van der Waals surface area contributed by atoms with Gasteiger partial charge in [0.1, 0.15) is 0 Å². The van der Waals surface area contributed by atoms with E-state index in [1.807, 2.05) is 12.3 Å². The summed E-state index contributed by atoms with van der Waals surface area (Å²) in [6, 6.07) is 4.13. The van der Waals surface area contributed by atoms with Crippen molar-refractivity contribution < 1.29 is 0 Å². The Bertz CT molecular complexity index is 324. The Labute approximate surface area is 92.1 Å². The average Bonchev–Trinajstić information content (AvgIpc) is 2.19. The molecule has 1 N–H and O–H groups in total. The fourth-order valence-electron chi connectivity index (χ4n) is 2.23. The van der Waals surface area contributed by atoms with Crippen molar-refractivity contribution in [1.29, 1.82) is 0 Å². The summed E-state index contributed by atoms with van der Waals surface area (Å²) >= 11 is 0. The smallest absolute Gasteiger partial charge is 0.0570 e. The van der Waals surface area contributed by atoms with Crippen LogP contribution in [-0.2, 0) is 6.54 Å². The number of aromatic nitrogens is 1. The maximum atomic E-state index is 4.41. The van der Waals surface area contributed by atoms with E-state index >= 15 is 0 Å². The van der Waals surface area contributed by atoms with Gasteiger partial charge in [0.05, 0.1) is 5.69 Å². The molecular formula is C13H20N2. The first-order chi connectivity index (χ1) is 7.26. The van der Waals surface area contributed by atoms with Gasteiger partial charge >= 0.3 is 0 Å². The zero-order chi connectivity index (χ0) is 10.7. The molecule has 0 radical (unpaired) electrons. The van der Waals surface area contributed by atoms with E-state index < -0.39 is 0 Å². The summed E-state index contributed by atoms with van der Waals surface area (Å²) in [4.78, 5) is 4.41. The van der Waals surface area contributed by atoms with Crippen LogP contribution in [0.5, 0.6) is 0 Å². The molecule has 2 nitrogen and oxygen atoms in total. The summed E-state index contributed by atoms with van der Waals surface area (Å²) in [6.45, 7) is 5.32. The van der Waals surface area contributed by atoms with Gasteiger partial charge in [0.15, 0.2) is 0 Å². The quantitative estimate of drug-likeness (QED) is 0.815. The fraction of sp³-hybridized carbons (Fsp3) is 0.615. The second-order valence-corrected chi connectivity index (χ2v) is 4.61. The monoisotopic (exact) mass is 204 g/mol. The van der Waals surface area contributed by atoms with Crippen molar-refractivity contribution in [3.8, 4) is 0 Å². The highest BCUT2D eigenvalue weighted by Crippen LogP contribution is 2.34. The summed E-state index contributed by atoms with van der Waals surface area (Å²) in [5, 5.41) is 3.68. The highest BCUT2D eigenvalue weighted by Gasteiger charge is 2.34. The van der Waals surface area contributed by atoms with Crippen molar-refractivity contribution in [2.75, 3.05) is 0 Å². The van der Waals surface area contributed by atoms with Crippen LogP contribution in [0.3, 0.4) is 0 Å². The van der Waals surface area contributed by atoms with Crippen LogP contribution in [0.4, 0.5) is 0 Å². The molecule has 0 aromatic carbocycles. The van der Waals surface area contributed by atoms with Crippen molar-refractivity contribution in [2.24, 2.45) is 0 Å². The molecule has 1 aliphatic rings. The molecule has 1 aromatic heterocycles. The van der Waals surface area contributed by atoms with E-state index in [9.17, 15) is 0 Å². The molecule has 0 saturated heterocycles. The molecule has 82 valence electrons. The number of aryl methyl sites for hydroxylation is 1. The van der Waals surface area contributed by atoms with Gasteiger partial charge in [-0.05, 0) is 44.2 Å². The lowest BCUT2D eigenvalue weighted by Gasteiger charge is -2.42. The predicted molar refractivity (Wildman–Crippen MR) is 62.7 cm³/mol. The second-order valence-electron chi connectivity index (χ2n) is 4.61. The minimum absolute atomic E-state index is 0.421. The van der Waals surface area contributed by atoms with Crippen LogP contribution < -0.4 is 5.32 Å². The maximum absolute atomic E-state index is 4.41. The van der Waals surface area contributed by atoms with E-state index in [2.05, 4.69) is 30.2 Å². The van der Waals surface area contributed by atoms with Crippen LogP contribution in [0.2, 0.25) is 0 Å². The lowest BCUT2D eigenvalue weighted by atomic mass is 9.75. The molecule has 1 aromatic rings. The number of hydrogen-bond acceptors (Lipinski definition) is 2. The molecule has 0 amide bonds. The lowest BCUT2D eigenvalue weighted by Crippen LogP contribution is -2.50. The van der Waals surface area contributed by atoms with Crippen molar-refractivity contribution in [3.05, 3.63) is 29.6 Å². The Morgan fingerprint density at radius 2 is 2.27 bits per heavy atom. The average molecular weight is 204 g/mol. The molecule has 1 aliphatic carbocycles. The van der Waals surface area contributed by atoms with Crippen LogP contribution in [0, 0.1) is 6.92 Å². The minimum Gasteiger partial charge on any atom is -0.306 e. The third-order valence-electron chi connectivity index (χ3n) is 3.74. The van der Waals surface area contributed by atoms with Gasteiger partial charge in [-0.25, -0.2) is 0 Å². The molecule has 1 heterocycles. The molecule has 15 heavy (non-hydrogen) atoms. The standard InChI is InChI=1S/C13H20N2/c1-3-13(7-5-8-13)15-10-12-11(2)6-4-9-14-12/h4,6,9,15H,3,5,7-8,10H2,1-2H3. The summed E-state index contributed by atoms with van der Waals surface area (Å²) in [7, 11) is 0. The van der Waals surface area contributed by atoms with Gasteiger partial charge in [-0.1, -0.05) is 13.0 Å². The number of nitrogens with zero attached hydrogens (tertiary/aromatic N) is 1. The van der Waals surface area contributed by atoms with Crippen molar-refractivity contribution in [2.45, 2.75) is 51.6 Å². The number of hydrogen-bond donors (Lipinski definition) is 1. The predicted octanol–water partition coefficient (Wildman–Crippen LogP) is 2.81. The largest absolute Gasteiger partial charge is 0.306 e. The highest BCUT2D eigenvalue weighted by molar-refractivity contribution is 5.17. The van der Waals surface area contributed by atoms with Crippen LogP contribution in [0.15, 0.2) is 18.3 Å². The van der Waals surface area contributed by atoms with Gasteiger partial charge in [-0.15, -0.1) is 0 Å². The summed E-state index contributed by atoms with van der Waals surface area (Å²) in [5.41, 5.74) is 2.90. The number of nitrogens with one attached hydrogen (secondary N) is 1. The van der Waals surface area contributed by atoms with Gasteiger partial charge < -0.3 is 5.32 Å². The third-order valence-corrected chi connectivity index (χ3v) is 3.74. The lowest BCUT2D eigenvalue weighted by molar-refractivity contribution is 0.174. The zero-order valence-electron chi connectivity index (χ0n) is 9.71. The first kappa shape index (κ1) is 10.6. The Balaban J connectivity index is 1.95. The number of pyridine rings is 1. The van der Waals surface area contributed by atoms with E-state index in [1.165, 1.54) is 36.9 Å². The van der Waals surface area contributed by atoms with Crippen LogP contribution in [0.1, 0.15) is 43.9 Å². The summed E-state index contributed by atoms with van der Waals surface area (Å²) < 4.78 is 0. The van der Waals surface area contributed by atoms with Gasteiger partial charge in [-0.2, -0.15) is 0 Å².